The number of amides is 1. The van der Waals surface area contributed by atoms with Crippen LogP contribution >= 0.6 is 0 Å². The Kier molecular flexibility index (Phi) is 5.86. The molecule has 0 radical (unpaired) electrons. The van der Waals surface area contributed by atoms with E-state index in [1.807, 2.05) is 19.1 Å². The topological polar surface area (TPSA) is 76.3 Å². The van der Waals surface area contributed by atoms with E-state index in [-0.39, 0.29) is 17.9 Å². The number of nitrogens with zero attached hydrogens (tertiary/aromatic N) is 2. The standard InChI is InChI=1S/C26H25F2N3O3/c1-15(16-5-6-16)33-26(32)30-18-9-7-17(8-10-18)24-22(14-29)21-12-11-20(34-25(27)28)13-23(21)31(24)19-3-2-4-19/h7-13,15-16,19,25H,2-6H2,1H3,(H,30,32)/t15-/m1/s1. The average molecular weight is 466 g/mol. The summed E-state index contributed by atoms with van der Waals surface area (Å²) in [6, 6.07) is 14.4. The number of hydrogen-bond donors (Lipinski definition) is 1. The number of aromatic nitrogens is 1. The highest BCUT2D eigenvalue weighted by Gasteiger charge is 2.31. The van der Waals surface area contributed by atoms with Crippen LogP contribution in [0.15, 0.2) is 42.5 Å². The van der Waals surface area contributed by atoms with Crippen LogP contribution in [0.4, 0.5) is 19.3 Å². The molecule has 0 spiro atoms. The van der Waals surface area contributed by atoms with Gasteiger partial charge in [0.25, 0.3) is 0 Å². The summed E-state index contributed by atoms with van der Waals surface area (Å²) in [5, 5.41) is 13.5. The van der Waals surface area contributed by atoms with E-state index in [1.54, 1.807) is 24.3 Å². The lowest BCUT2D eigenvalue weighted by molar-refractivity contribution is -0.0497. The number of hydrogen-bond acceptors (Lipinski definition) is 4. The predicted molar refractivity (Wildman–Crippen MR) is 124 cm³/mol. The zero-order chi connectivity index (χ0) is 23.8. The van der Waals surface area contributed by atoms with Gasteiger partial charge in [0.2, 0.25) is 0 Å². The first-order chi connectivity index (χ1) is 16.4. The summed E-state index contributed by atoms with van der Waals surface area (Å²) in [6.07, 6.45) is 4.57. The van der Waals surface area contributed by atoms with Crippen LogP contribution in [0, 0.1) is 17.2 Å². The van der Waals surface area contributed by atoms with Gasteiger partial charge in [0.1, 0.15) is 17.9 Å². The van der Waals surface area contributed by atoms with E-state index < -0.39 is 12.7 Å². The van der Waals surface area contributed by atoms with Crippen LogP contribution in [0.1, 0.15) is 50.6 Å². The lowest BCUT2D eigenvalue weighted by Gasteiger charge is -2.30. The number of nitriles is 1. The van der Waals surface area contributed by atoms with Gasteiger partial charge in [-0.05, 0) is 74.8 Å². The second-order valence-electron chi connectivity index (χ2n) is 9.00. The average Bonchev–Trinajstić information content (AvgIpc) is 3.57. The molecular formula is C26H25F2N3O3. The van der Waals surface area contributed by atoms with Crippen LogP contribution in [0.2, 0.25) is 0 Å². The van der Waals surface area contributed by atoms with Gasteiger partial charge in [0, 0.05) is 23.2 Å². The molecule has 2 fully saturated rings. The Bertz CT molecular complexity index is 1260. The summed E-state index contributed by atoms with van der Waals surface area (Å²) in [6.45, 7) is -1.01. The van der Waals surface area contributed by atoms with Crippen molar-refractivity contribution < 1.29 is 23.0 Å². The van der Waals surface area contributed by atoms with Gasteiger partial charge >= 0.3 is 12.7 Å². The molecule has 5 rings (SSSR count). The maximum absolute atomic E-state index is 12.8. The van der Waals surface area contributed by atoms with Gasteiger partial charge < -0.3 is 14.0 Å². The quantitative estimate of drug-likeness (QED) is 0.414. The second-order valence-corrected chi connectivity index (χ2v) is 9.00. The summed E-state index contributed by atoms with van der Waals surface area (Å²) in [4.78, 5) is 12.2. The minimum atomic E-state index is -2.92. The van der Waals surface area contributed by atoms with Crippen molar-refractivity contribution in [1.29, 1.82) is 5.26 Å². The Balaban J connectivity index is 1.48. The number of carbonyl (C=O) groups excluding carboxylic acids is 1. The van der Waals surface area contributed by atoms with Crippen molar-refractivity contribution in [1.82, 2.24) is 4.57 Å². The van der Waals surface area contributed by atoms with E-state index in [9.17, 15) is 18.8 Å². The lowest BCUT2D eigenvalue weighted by Crippen LogP contribution is -2.21. The van der Waals surface area contributed by atoms with Crippen molar-refractivity contribution in [2.45, 2.75) is 57.8 Å². The van der Waals surface area contributed by atoms with E-state index in [2.05, 4.69) is 20.7 Å². The summed E-state index contributed by atoms with van der Waals surface area (Å²) in [5.41, 5.74) is 3.33. The molecule has 176 valence electrons. The van der Waals surface area contributed by atoms with Gasteiger partial charge in [-0.2, -0.15) is 14.0 Å². The summed E-state index contributed by atoms with van der Waals surface area (Å²) >= 11 is 0. The van der Waals surface area contributed by atoms with Crippen LogP contribution in [0.25, 0.3) is 22.2 Å². The normalized spacial score (nSPS) is 16.7. The van der Waals surface area contributed by atoms with Gasteiger partial charge in [-0.1, -0.05) is 12.1 Å². The van der Waals surface area contributed by atoms with Crippen LogP contribution < -0.4 is 10.1 Å². The van der Waals surface area contributed by atoms with Gasteiger partial charge in [0.05, 0.1) is 16.8 Å². The molecular weight excluding hydrogens is 440 g/mol. The monoisotopic (exact) mass is 465 g/mol. The lowest BCUT2D eigenvalue weighted by atomic mass is 9.92. The van der Waals surface area contributed by atoms with Crippen molar-refractivity contribution in [3.63, 3.8) is 0 Å². The predicted octanol–water partition coefficient (Wildman–Crippen LogP) is 6.85. The molecule has 0 bridgehead atoms. The fourth-order valence-electron chi connectivity index (χ4n) is 4.58. The van der Waals surface area contributed by atoms with Crippen molar-refractivity contribution in [2.24, 2.45) is 5.92 Å². The minimum Gasteiger partial charge on any atom is -0.446 e. The Labute approximate surface area is 196 Å². The molecule has 34 heavy (non-hydrogen) atoms. The molecule has 0 saturated heterocycles. The smallest absolute Gasteiger partial charge is 0.411 e. The van der Waals surface area contributed by atoms with Crippen molar-refractivity contribution in [3.8, 4) is 23.1 Å². The molecule has 1 aromatic heterocycles. The third-order valence-electron chi connectivity index (χ3n) is 6.74. The highest BCUT2D eigenvalue weighted by atomic mass is 19.3. The summed E-state index contributed by atoms with van der Waals surface area (Å²) < 4.78 is 37.7. The molecule has 0 aliphatic heterocycles. The van der Waals surface area contributed by atoms with E-state index in [1.165, 1.54) is 6.07 Å². The molecule has 3 aromatic rings. The van der Waals surface area contributed by atoms with Crippen LogP contribution in [0.3, 0.4) is 0 Å². The maximum atomic E-state index is 12.8. The van der Waals surface area contributed by atoms with E-state index in [0.29, 0.717) is 28.1 Å². The largest absolute Gasteiger partial charge is 0.446 e. The first-order valence-electron chi connectivity index (χ1n) is 11.6. The number of alkyl halides is 2. The number of carbonyl (C=O) groups is 1. The fourth-order valence-corrected chi connectivity index (χ4v) is 4.58. The molecule has 0 unspecified atom stereocenters. The van der Waals surface area contributed by atoms with Crippen molar-refractivity contribution in [3.05, 3.63) is 48.0 Å². The number of nitrogens with one attached hydrogen (secondary N) is 1. The van der Waals surface area contributed by atoms with Gasteiger partial charge in [0.15, 0.2) is 0 Å². The van der Waals surface area contributed by atoms with Crippen molar-refractivity contribution >= 4 is 22.7 Å². The molecule has 2 aliphatic carbocycles. The van der Waals surface area contributed by atoms with Crippen molar-refractivity contribution in [2.75, 3.05) is 5.32 Å². The molecule has 2 aromatic carbocycles. The van der Waals surface area contributed by atoms with Crippen LogP contribution in [-0.4, -0.2) is 23.4 Å². The van der Waals surface area contributed by atoms with Gasteiger partial charge in [-0.3, -0.25) is 5.32 Å². The fraction of sp³-hybridized carbons (Fsp3) is 0.385. The van der Waals surface area contributed by atoms with E-state index >= 15 is 0 Å². The Morgan fingerprint density at radius 1 is 1.15 bits per heavy atom. The van der Waals surface area contributed by atoms with E-state index in [4.69, 9.17) is 4.74 Å². The zero-order valence-corrected chi connectivity index (χ0v) is 18.8. The number of rotatable bonds is 7. The highest BCUT2D eigenvalue weighted by Crippen LogP contribution is 2.43. The summed E-state index contributed by atoms with van der Waals surface area (Å²) in [7, 11) is 0. The molecule has 6 nitrogen and oxygen atoms in total. The molecule has 2 aliphatic rings. The SMILES string of the molecule is C[C@@H](OC(=O)Nc1ccc(-c2c(C#N)c3ccc(OC(F)F)cc3n2C2CCC2)cc1)C1CC1. The number of ether oxygens (including phenoxy) is 2. The molecule has 2 saturated carbocycles. The number of anilines is 1. The third kappa shape index (κ3) is 4.30. The third-order valence-corrected chi connectivity index (χ3v) is 6.74. The van der Waals surface area contributed by atoms with Gasteiger partial charge in [-0.25, -0.2) is 4.79 Å². The Morgan fingerprint density at radius 2 is 1.88 bits per heavy atom. The first-order valence-corrected chi connectivity index (χ1v) is 11.6. The number of fused-ring (bicyclic) bond motifs is 1. The first kappa shape index (κ1) is 22.2. The zero-order valence-electron chi connectivity index (χ0n) is 18.8. The van der Waals surface area contributed by atoms with Crippen LogP contribution in [-0.2, 0) is 4.74 Å². The molecule has 1 N–H and O–H groups in total. The van der Waals surface area contributed by atoms with Crippen LogP contribution in [0.5, 0.6) is 5.75 Å². The summed E-state index contributed by atoms with van der Waals surface area (Å²) in [5.74, 6) is 0.521. The Hall–Kier alpha value is -3.60. The second kappa shape index (κ2) is 8.98. The molecule has 1 atom stereocenters. The molecule has 8 heteroatoms. The Morgan fingerprint density at radius 3 is 2.47 bits per heavy atom. The molecule has 1 amide bonds. The van der Waals surface area contributed by atoms with Gasteiger partial charge in [-0.15, -0.1) is 0 Å². The van der Waals surface area contributed by atoms with E-state index in [0.717, 1.165) is 43.4 Å². The molecule has 1 heterocycles. The number of benzene rings is 2. The maximum Gasteiger partial charge on any atom is 0.411 e. The highest BCUT2D eigenvalue weighted by molar-refractivity contribution is 5.96. The number of halogens is 2. The minimum absolute atomic E-state index is 0.0649.